The van der Waals surface area contributed by atoms with Crippen LogP contribution in [-0.4, -0.2) is 29.6 Å². The second-order valence-electron chi connectivity index (χ2n) is 5.47. The predicted molar refractivity (Wildman–Crippen MR) is 94.0 cm³/mol. The Bertz CT molecular complexity index is 719. The average molecular weight is 347 g/mol. The van der Waals surface area contributed by atoms with Crippen LogP contribution in [0.15, 0.2) is 48.5 Å². The minimum absolute atomic E-state index is 0.000742. The van der Waals surface area contributed by atoms with E-state index in [-0.39, 0.29) is 6.54 Å². The Labute approximate surface area is 145 Å². The highest BCUT2D eigenvalue weighted by Gasteiger charge is 2.16. The molecule has 1 unspecified atom stereocenters. The number of benzene rings is 2. The molecule has 2 amide bonds. The number of aryl methyl sites for hydroxylation is 1. The molecule has 6 heteroatoms. The van der Waals surface area contributed by atoms with Gasteiger partial charge in [0.1, 0.15) is 0 Å². The molecule has 0 aliphatic heterocycles. The third kappa shape index (κ3) is 5.37. The highest BCUT2D eigenvalue weighted by Crippen LogP contribution is 2.19. The second kappa shape index (κ2) is 8.47. The third-order valence-corrected chi connectivity index (χ3v) is 3.69. The second-order valence-corrected chi connectivity index (χ2v) is 5.90. The number of nitrogens with one attached hydrogen (secondary N) is 2. The van der Waals surface area contributed by atoms with Crippen molar-refractivity contribution >= 4 is 29.1 Å². The SMILES string of the molecule is Cc1cc(Cl)ccc1NC(=O)C(=O)NCC(O)Cc1ccccc1. The van der Waals surface area contributed by atoms with Crippen LogP contribution < -0.4 is 10.6 Å². The van der Waals surface area contributed by atoms with Crippen LogP contribution in [0.4, 0.5) is 5.69 Å². The Hall–Kier alpha value is -2.37. The highest BCUT2D eigenvalue weighted by molar-refractivity contribution is 6.39. The minimum Gasteiger partial charge on any atom is -0.391 e. The van der Waals surface area contributed by atoms with Crippen molar-refractivity contribution < 1.29 is 14.7 Å². The van der Waals surface area contributed by atoms with Gasteiger partial charge >= 0.3 is 11.8 Å². The zero-order chi connectivity index (χ0) is 17.5. The van der Waals surface area contributed by atoms with Crippen LogP contribution in [0, 0.1) is 6.92 Å². The topological polar surface area (TPSA) is 78.4 Å². The normalized spacial score (nSPS) is 11.6. The van der Waals surface area contributed by atoms with Gasteiger partial charge in [0, 0.05) is 23.7 Å². The van der Waals surface area contributed by atoms with Gasteiger partial charge in [-0.15, -0.1) is 0 Å². The number of halogens is 1. The average Bonchev–Trinajstić information content (AvgIpc) is 2.56. The molecule has 0 aliphatic carbocycles. The van der Waals surface area contributed by atoms with Gasteiger partial charge in [0.15, 0.2) is 0 Å². The maximum atomic E-state index is 11.9. The molecule has 126 valence electrons. The molecule has 2 rings (SSSR count). The molecule has 24 heavy (non-hydrogen) atoms. The van der Waals surface area contributed by atoms with Gasteiger partial charge in [-0.1, -0.05) is 41.9 Å². The van der Waals surface area contributed by atoms with Crippen molar-refractivity contribution in [3.8, 4) is 0 Å². The molecule has 5 nitrogen and oxygen atoms in total. The van der Waals surface area contributed by atoms with Crippen molar-refractivity contribution in [1.82, 2.24) is 5.32 Å². The standard InChI is InChI=1S/C18H19ClN2O3/c1-12-9-14(19)7-8-16(12)21-18(24)17(23)20-11-15(22)10-13-5-3-2-4-6-13/h2-9,15,22H,10-11H2,1H3,(H,20,23)(H,21,24). The van der Waals surface area contributed by atoms with E-state index in [1.54, 1.807) is 25.1 Å². The van der Waals surface area contributed by atoms with Crippen LogP contribution in [0.3, 0.4) is 0 Å². The third-order valence-electron chi connectivity index (χ3n) is 3.46. The summed E-state index contributed by atoms with van der Waals surface area (Å²) in [5.41, 5.74) is 2.23. The predicted octanol–water partition coefficient (Wildman–Crippen LogP) is 2.31. The van der Waals surface area contributed by atoms with E-state index in [1.165, 1.54) is 0 Å². The number of aliphatic hydroxyl groups is 1. The van der Waals surface area contributed by atoms with Crippen LogP contribution in [-0.2, 0) is 16.0 Å². The number of aliphatic hydroxyl groups excluding tert-OH is 1. The summed E-state index contributed by atoms with van der Waals surface area (Å²) in [7, 11) is 0. The molecule has 1 atom stereocenters. The first-order valence-corrected chi connectivity index (χ1v) is 7.91. The Balaban J connectivity index is 1.82. The Kier molecular flexibility index (Phi) is 6.35. The van der Waals surface area contributed by atoms with Crippen LogP contribution in [0.5, 0.6) is 0 Å². The Morgan fingerprint density at radius 1 is 1.12 bits per heavy atom. The van der Waals surface area contributed by atoms with Gasteiger partial charge in [0.25, 0.3) is 0 Å². The molecule has 0 bridgehead atoms. The van der Waals surface area contributed by atoms with Gasteiger partial charge in [-0.3, -0.25) is 9.59 Å². The lowest BCUT2D eigenvalue weighted by Crippen LogP contribution is -2.40. The zero-order valence-electron chi connectivity index (χ0n) is 13.3. The lowest BCUT2D eigenvalue weighted by Gasteiger charge is -2.12. The number of carbonyl (C=O) groups excluding carboxylic acids is 2. The van der Waals surface area contributed by atoms with Gasteiger partial charge in [-0.05, 0) is 36.2 Å². The maximum Gasteiger partial charge on any atom is 0.313 e. The van der Waals surface area contributed by atoms with Gasteiger partial charge in [0.2, 0.25) is 0 Å². The van der Waals surface area contributed by atoms with Crippen LogP contribution in [0.25, 0.3) is 0 Å². The Morgan fingerprint density at radius 2 is 1.83 bits per heavy atom. The fourth-order valence-electron chi connectivity index (χ4n) is 2.20. The molecular weight excluding hydrogens is 328 g/mol. The summed E-state index contributed by atoms with van der Waals surface area (Å²) in [6.07, 6.45) is -0.361. The van der Waals surface area contributed by atoms with E-state index < -0.39 is 17.9 Å². The van der Waals surface area contributed by atoms with Crippen LogP contribution in [0.1, 0.15) is 11.1 Å². The van der Waals surface area contributed by atoms with Gasteiger partial charge in [0.05, 0.1) is 6.10 Å². The van der Waals surface area contributed by atoms with Gasteiger partial charge in [-0.2, -0.15) is 0 Å². The number of hydrogen-bond acceptors (Lipinski definition) is 3. The summed E-state index contributed by atoms with van der Waals surface area (Å²) in [4.78, 5) is 23.7. The van der Waals surface area contributed by atoms with Crippen LogP contribution in [0.2, 0.25) is 5.02 Å². The monoisotopic (exact) mass is 346 g/mol. The Morgan fingerprint density at radius 3 is 2.50 bits per heavy atom. The summed E-state index contributed by atoms with van der Waals surface area (Å²) in [6, 6.07) is 14.4. The molecule has 0 fully saturated rings. The van der Waals surface area contributed by atoms with E-state index in [4.69, 9.17) is 11.6 Å². The molecule has 2 aromatic rings. The molecule has 0 saturated carbocycles. The minimum atomic E-state index is -0.795. The number of anilines is 1. The smallest absolute Gasteiger partial charge is 0.313 e. The van der Waals surface area contributed by atoms with E-state index in [0.717, 1.165) is 11.1 Å². The van der Waals surface area contributed by atoms with Crippen LogP contribution >= 0.6 is 11.6 Å². The maximum absolute atomic E-state index is 11.9. The number of amides is 2. The zero-order valence-corrected chi connectivity index (χ0v) is 14.0. The molecule has 2 aromatic carbocycles. The summed E-state index contributed by atoms with van der Waals surface area (Å²) >= 11 is 5.85. The van der Waals surface area contributed by atoms with E-state index in [9.17, 15) is 14.7 Å². The molecule has 3 N–H and O–H groups in total. The first-order valence-electron chi connectivity index (χ1n) is 7.53. The van der Waals surface area contributed by atoms with Crippen molar-refractivity contribution in [2.24, 2.45) is 0 Å². The number of carbonyl (C=O) groups is 2. The fraction of sp³-hybridized carbons (Fsp3) is 0.222. The molecule has 0 saturated heterocycles. The van der Waals surface area contributed by atoms with E-state index in [1.807, 2.05) is 30.3 Å². The lowest BCUT2D eigenvalue weighted by molar-refractivity contribution is -0.136. The first kappa shape index (κ1) is 18.0. The summed E-state index contributed by atoms with van der Waals surface area (Å²) < 4.78 is 0. The lowest BCUT2D eigenvalue weighted by atomic mass is 10.1. The van der Waals surface area contributed by atoms with Crippen molar-refractivity contribution in [2.75, 3.05) is 11.9 Å². The first-order chi connectivity index (χ1) is 11.5. The molecule has 0 heterocycles. The number of rotatable bonds is 5. The largest absolute Gasteiger partial charge is 0.391 e. The number of hydrogen-bond donors (Lipinski definition) is 3. The molecule has 0 aromatic heterocycles. The molecule has 0 aliphatic rings. The van der Waals surface area contributed by atoms with Crippen molar-refractivity contribution in [3.63, 3.8) is 0 Å². The highest BCUT2D eigenvalue weighted by atomic mass is 35.5. The van der Waals surface area contributed by atoms with Crippen molar-refractivity contribution in [2.45, 2.75) is 19.4 Å². The van der Waals surface area contributed by atoms with Gasteiger partial charge < -0.3 is 15.7 Å². The van der Waals surface area contributed by atoms with Crippen molar-refractivity contribution in [3.05, 3.63) is 64.7 Å². The van der Waals surface area contributed by atoms with E-state index in [2.05, 4.69) is 10.6 Å². The molecule has 0 radical (unpaired) electrons. The fourth-order valence-corrected chi connectivity index (χ4v) is 2.42. The summed E-state index contributed by atoms with van der Waals surface area (Å²) in [5.74, 6) is -1.58. The molecule has 0 spiro atoms. The summed E-state index contributed by atoms with van der Waals surface area (Å²) in [6.45, 7) is 1.78. The summed E-state index contributed by atoms with van der Waals surface area (Å²) in [5, 5.41) is 15.4. The van der Waals surface area contributed by atoms with Gasteiger partial charge in [-0.25, -0.2) is 0 Å². The van der Waals surface area contributed by atoms with Crippen molar-refractivity contribution in [1.29, 1.82) is 0 Å². The van der Waals surface area contributed by atoms with E-state index >= 15 is 0 Å². The molecular formula is C18H19ClN2O3. The van der Waals surface area contributed by atoms with E-state index in [0.29, 0.717) is 17.1 Å². The quantitative estimate of drug-likeness (QED) is 0.727.